The average molecular weight is 342 g/mol. The van der Waals surface area contributed by atoms with Crippen molar-refractivity contribution in [1.29, 1.82) is 5.26 Å². The summed E-state index contributed by atoms with van der Waals surface area (Å²) in [4.78, 5) is 18.8. The minimum Gasteiger partial charge on any atom is -0.369 e. The van der Waals surface area contributed by atoms with Gasteiger partial charge in [-0.3, -0.25) is 9.78 Å². The molecule has 1 heterocycles. The van der Waals surface area contributed by atoms with Crippen LogP contribution in [0.4, 0.5) is 11.4 Å². The van der Waals surface area contributed by atoms with Crippen LogP contribution in [0.2, 0.25) is 0 Å². The Morgan fingerprint density at radius 1 is 1.12 bits per heavy atom. The molecule has 0 radical (unpaired) electrons. The van der Waals surface area contributed by atoms with Gasteiger partial charge in [0.05, 0.1) is 28.7 Å². The van der Waals surface area contributed by atoms with Gasteiger partial charge in [-0.25, -0.2) is 0 Å². The monoisotopic (exact) mass is 342 g/mol. The lowest BCUT2D eigenvalue weighted by Crippen LogP contribution is -2.18. The lowest BCUT2D eigenvalue weighted by Gasteiger charge is -2.19. The topological polar surface area (TPSA) is 69.0 Å². The fourth-order valence-corrected chi connectivity index (χ4v) is 2.59. The second-order valence-corrected chi connectivity index (χ2v) is 5.88. The molecule has 0 bridgehead atoms. The molecule has 26 heavy (non-hydrogen) atoms. The maximum absolute atomic E-state index is 12.5. The van der Waals surface area contributed by atoms with E-state index in [1.54, 1.807) is 36.5 Å². The zero-order chi connectivity index (χ0) is 18.4. The number of pyridine rings is 1. The lowest BCUT2D eigenvalue weighted by molar-refractivity contribution is 0.102. The van der Waals surface area contributed by atoms with E-state index in [4.69, 9.17) is 5.26 Å². The molecule has 0 saturated heterocycles. The van der Waals surface area contributed by atoms with E-state index in [0.29, 0.717) is 23.4 Å². The fraction of sp³-hybridized carbons (Fsp3) is 0.0952. The summed E-state index contributed by atoms with van der Waals surface area (Å²) < 4.78 is 0. The number of nitriles is 1. The number of para-hydroxylation sites is 1. The Labute approximate surface area is 152 Å². The quantitative estimate of drug-likeness (QED) is 0.765. The highest BCUT2D eigenvalue weighted by Crippen LogP contribution is 2.18. The van der Waals surface area contributed by atoms with Crippen LogP contribution >= 0.6 is 0 Å². The Morgan fingerprint density at radius 2 is 1.85 bits per heavy atom. The summed E-state index contributed by atoms with van der Waals surface area (Å²) >= 11 is 0. The number of benzene rings is 2. The summed E-state index contributed by atoms with van der Waals surface area (Å²) in [6.07, 6.45) is 3.24. The zero-order valence-corrected chi connectivity index (χ0v) is 14.4. The number of amides is 1. The molecule has 3 rings (SSSR count). The summed E-state index contributed by atoms with van der Waals surface area (Å²) in [5, 5.41) is 11.9. The maximum Gasteiger partial charge on any atom is 0.257 e. The predicted octanol–water partition coefficient (Wildman–Crippen LogP) is 3.84. The first-order chi connectivity index (χ1) is 12.7. The molecule has 0 fully saturated rings. The number of nitrogens with zero attached hydrogens (tertiary/aromatic N) is 3. The normalized spacial score (nSPS) is 10.0. The number of hydrogen-bond donors (Lipinski definition) is 1. The van der Waals surface area contributed by atoms with Gasteiger partial charge in [0.15, 0.2) is 0 Å². The van der Waals surface area contributed by atoms with Crippen molar-refractivity contribution in [3.63, 3.8) is 0 Å². The van der Waals surface area contributed by atoms with Gasteiger partial charge in [0.25, 0.3) is 5.91 Å². The third-order valence-electron chi connectivity index (χ3n) is 3.99. The predicted molar refractivity (Wildman–Crippen MR) is 102 cm³/mol. The number of rotatable bonds is 5. The standard InChI is InChI=1S/C21H18N4O/c1-25(15-16-7-3-2-4-8-16)19-11-18(13-23-14-19)21(26)24-20-10-6-5-9-17(20)12-22/h2-11,13-14H,15H2,1H3,(H,24,26). The lowest BCUT2D eigenvalue weighted by atomic mass is 10.1. The van der Waals surface area contributed by atoms with E-state index < -0.39 is 0 Å². The van der Waals surface area contributed by atoms with Crippen LogP contribution in [0.25, 0.3) is 0 Å². The molecule has 0 aliphatic rings. The van der Waals surface area contributed by atoms with E-state index in [0.717, 1.165) is 5.69 Å². The van der Waals surface area contributed by atoms with Gasteiger partial charge >= 0.3 is 0 Å². The first-order valence-electron chi connectivity index (χ1n) is 8.18. The van der Waals surface area contributed by atoms with Crippen LogP contribution in [-0.2, 0) is 6.54 Å². The number of hydrogen-bond acceptors (Lipinski definition) is 4. The van der Waals surface area contributed by atoms with E-state index in [2.05, 4.69) is 28.5 Å². The van der Waals surface area contributed by atoms with Crippen LogP contribution in [0.5, 0.6) is 0 Å². The molecule has 0 unspecified atom stereocenters. The van der Waals surface area contributed by atoms with E-state index in [1.165, 1.54) is 11.8 Å². The van der Waals surface area contributed by atoms with Gasteiger partial charge in [0.2, 0.25) is 0 Å². The molecule has 0 atom stereocenters. The molecule has 5 heteroatoms. The molecule has 128 valence electrons. The number of carbonyl (C=O) groups is 1. The molecule has 3 aromatic rings. The Bertz CT molecular complexity index is 947. The van der Waals surface area contributed by atoms with Crippen LogP contribution in [0, 0.1) is 11.3 Å². The smallest absolute Gasteiger partial charge is 0.257 e. The summed E-state index contributed by atoms with van der Waals surface area (Å²) in [7, 11) is 1.96. The van der Waals surface area contributed by atoms with Gasteiger partial charge in [0, 0.05) is 19.8 Å². The van der Waals surface area contributed by atoms with Gasteiger partial charge < -0.3 is 10.2 Å². The van der Waals surface area contributed by atoms with Crippen LogP contribution in [0.3, 0.4) is 0 Å². The average Bonchev–Trinajstić information content (AvgIpc) is 2.69. The van der Waals surface area contributed by atoms with Crippen LogP contribution in [0.15, 0.2) is 73.1 Å². The minimum absolute atomic E-state index is 0.296. The van der Waals surface area contributed by atoms with Crippen molar-refractivity contribution in [2.75, 3.05) is 17.3 Å². The van der Waals surface area contributed by atoms with Crippen molar-refractivity contribution in [1.82, 2.24) is 4.98 Å². The third kappa shape index (κ3) is 4.05. The Morgan fingerprint density at radius 3 is 2.62 bits per heavy atom. The number of aromatic nitrogens is 1. The molecule has 5 nitrogen and oxygen atoms in total. The third-order valence-corrected chi connectivity index (χ3v) is 3.99. The first-order valence-corrected chi connectivity index (χ1v) is 8.18. The Balaban J connectivity index is 1.76. The molecular weight excluding hydrogens is 324 g/mol. The van der Waals surface area contributed by atoms with E-state index >= 15 is 0 Å². The largest absolute Gasteiger partial charge is 0.369 e. The summed E-state index contributed by atoms with van der Waals surface area (Å²) in [5.41, 5.74) is 3.37. The van der Waals surface area contributed by atoms with E-state index in [1.807, 2.05) is 30.1 Å². The second-order valence-electron chi connectivity index (χ2n) is 5.88. The molecule has 1 N–H and O–H groups in total. The van der Waals surface area contributed by atoms with Crippen molar-refractivity contribution >= 4 is 17.3 Å². The Hall–Kier alpha value is -3.65. The minimum atomic E-state index is -0.296. The van der Waals surface area contributed by atoms with Crippen molar-refractivity contribution in [2.24, 2.45) is 0 Å². The van der Waals surface area contributed by atoms with Crippen molar-refractivity contribution < 1.29 is 4.79 Å². The van der Waals surface area contributed by atoms with Gasteiger partial charge in [-0.05, 0) is 23.8 Å². The highest BCUT2D eigenvalue weighted by molar-refractivity contribution is 6.05. The Kier molecular flexibility index (Phi) is 5.25. The summed E-state index contributed by atoms with van der Waals surface area (Å²) in [6, 6.07) is 20.9. The summed E-state index contributed by atoms with van der Waals surface area (Å²) in [5.74, 6) is -0.296. The van der Waals surface area contributed by atoms with Crippen molar-refractivity contribution in [3.05, 3.63) is 89.7 Å². The molecule has 2 aromatic carbocycles. The zero-order valence-electron chi connectivity index (χ0n) is 14.4. The second kappa shape index (κ2) is 7.95. The molecule has 1 amide bonds. The molecule has 0 spiro atoms. The SMILES string of the molecule is CN(Cc1ccccc1)c1cncc(C(=O)Nc2ccccc2C#N)c1. The number of nitrogens with one attached hydrogen (secondary N) is 1. The maximum atomic E-state index is 12.5. The van der Waals surface area contributed by atoms with Gasteiger partial charge in [-0.15, -0.1) is 0 Å². The molecule has 0 aliphatic heterocycles. The first kappa shape index (κ1) is 17.2. The van der Waals surface area contributed by atoms with Crippen molar-refractivity contribution in [3.8, 4) is 6.07 Å². The molecular formula is C21H18N4O. The fourth-order valence-electron chi connectivity index (χ4n) is 2.59. The van der Waals surface area contributed by atoms with Crippen LogP contribution < -0.4 is 10.2 Å². The van der Waals surface area contributed by atoms with Crippen LogP contribution in [-0.4, -0.2) is 17.9 Å². The van der Waals surface area contributed by atoms with Gasteiger partial charge in [-0.2, -0.15) is 5.26 Å². The van der Waals surface area contributed by atoms with E-state index in [9.17, 15) is 4.79 Å². The molecule has 0 aliphatic carbocycles. The number of carbonyl (C=O) groups excluding carboxylic acids is 1. The highest BCUT2D eigenvalue weighted by Gasteiger charge is 2.11. The number of anilines is 2. The summed E-state index contributed by atoms with van der Waals surface area (Å²) in [6.45, 7) is 0.713. The van der Waals surface area contributed by atoms with Gasteiger partial charge in [0.1, 0.15) is 6.07 Å². The molecule has 1 aromatic heterocycles. The van der Waals surface area contributed by atoms with E-state index in [-0.39, 0.29) is 5.91 Å². The van der Waals surface area contributed by atoms with Crippen LogP contribution in [0.1, 0.15) is 21.5 Å². The van der Waals surface area contributed by atoms with Gasteiger partial charge in [-0.1, -0.05) is 42.5 Å². The molecule has 0 saturated carbocycles. The highest BCUT2D eigenvalue weighted by atomic mass is 16.1. The van der Waals surface area contributed by atoms with Crippen molar-refractivity contribution in [2.45, 2.75) is 6.54 Å².